The monoisotopic (exact) mass is 1910 g/mol. The van der Waals surface area contributed by atoms with Gasteiger partial charge in [-0.25, -0.2) is 21.8 Å². The van der Waals surface area contributed by atoms with E-state index in [0.717, 1.165) is 94.9 Å². The minimum absolute atomic E-state index is 0. The number of hydrogen-bond donors (Lipinski definition) is 5. The third-order valence-corrected chi connectivity index (χ3v) is 14.3. The van der Waals surface area contributed by atoms with E-state index in [2.05, 4.69) is 58.7 Å². The second-order valence-electron chi connectivity index (χ2n) is 15.0. The largest absolute Gasteiger partial charge is 0.411 e. The molecule has 7 rings (SSSR count). The fourth-order valence-electron chi connectivity index (χ4n) is 6.35. The summed E-state index contributed by atoms with van der Waals surface area (Å²) in [6.45, 7) is 37.0. The molecule has 496 valence electrons. The number of aromatic nitrogens is 2. The van der Waals surface area contributed by atoms with Crippen LogP contribution in [0.2, 0.25) is 0 Å². The molecule has 5 saturated heterocycles. The first-order valence-corrected chi connectivity index (χ1v) is 30.3. The first kappa shape index (κ1) is 113. The Bertz CT molecular complexity index is 2090. The number of sulfonamides is 2. The molecule has 0 unspecified atom stereocenters. The van der Waals surface area contributed by atoms with Crippen molar-refractivity contribution >= 4 is 48.7 Å². The van der Waals surface area contributed by atoms with Gasteiger partial charge in [-0.2, -0.15) is 8.61 Å². The van der Waals surface area contributed by atoms with Crippen molar-refractivity contribution in [3.8, 4) is 12.3 Å². The number of terminal acetylenes is 1. The Morgan fingerprint density at radius 2 is 0.738 bits per heavy atom. The molecule has 84 heavy (non-hydrogen) atoms. The zero-order valence-corrected chi connectivity index (χ0v) is 68.8. The molecule has 0 spiro atoms. The van der Waals surface area contributed by atoms with Crippen LogP contribution < -0.4 is 5.32 Å². The SMILES string of the molecule is C#Cc1ccc(S(=O)(=O)N2CCC(=NO)CC2)cn1.CC.CC.CC.CC.CC.CC.CC.CN1CCC(=NO)CC1.CN1CCC(=O)CC1.Cc1ccc(S(=O)(=O)N2CCC(=NO)CC2)cn1.ON=C1CCNCC1.[CH3-].[CH3-].[CH3-].[CH3-].[W].[W].[W].[W]. The average Bonchev–Trinajstić information content (AvgIpc) is 3.50. The third kappa shape index (κ3) is 49.8. The minimum Gasteiger partial charge on any atom is -0.411 e. The molecule has 0 aliphatic carbocycles. The quantitative estimate of drug-likeness (QED) is 0.0825. The predicted molar refractivity (Wildman–Crippen MR) is 340 cm³/mol. The molecule has 5 fully saturated rings. The molecular weight excluding hydrogens is 1790 g/mol. The molecule has 2 aromatic heterocycles. The van der Waals surface area contributed by atoms with E-state index in [0.29, 0.717) is 74.8 Å². The van der Waals surface area contributed by atoms with Gasteiger partial charge in [-0.1, -0.05) is 123 Å². The van der Waals surface area contributed by atoms with Crippen molar-refractivity contribution in [3.05, 3.63) is 77.8 Å². The number of pyridine rings is 2. The molecule has 0 amide bonds. The van der Waals surface area contributed by atoms with Crippen LogP contribution in [0.1, 0.15) is 173 Å². The third-order valence-electron chi connectivity index (χ3n) is 10.5. The summed E-state index contributed by atoms with van der Waals surface area (Å²) in [5.74, 6) is 2.76. The van der Waals surface area contributed by atoms with Crippen molar-refractivity contribution in [2.24, 2.45) is 20.6 Å². The fourth-order valence-corrected chi connectivity index (χ4v) is 9.13. The number of nitrogens with zero attached hydrogens (tertiary/aromatic N) is 10. The van der Waals surface area contributed by atoms with Crippen molar-refractivity contribution in [2.45, 2.75) is 178 Å². The normalized spacial score (nSPS) is 14.7. The number of likely N-dealkylation sites (tertiary alicyclic amines) is 2. The van der Waals surface area contributed by atoms with Crippen LogP contribution in [0.5, 0.6) is 0 Å². The van der Waals surface area contributed by atoms with E-state index in [-0.39, 0.29) is 124 Å². The number of aryl methyl sites for hydroxylation is 1. The Balaban J connectivity index is -0.0000000653. The van der Waals surface area contributed by atoms with Crippen molar-refractivity contribution in [1.29, 1.82) is 0 Å². The van der Waals surface area contributed by atoms with Crippen LogP contribution in [0.4, 0.5) is 0 Å². The number of hydrogen-bond acceptors (Lipinski definition) is 18. The molecule has 0 atom stereocenters. The zero-order valence-electron chi connectivity index (χ0n) is 55.4. The van der Waals surface area contributed by atoms with E-state index in [9.17, 15) is 21.6 Å². The number of carbonyl (C=O) groups excluding carboxylic acids is 1. The van der Waals surface area contributed by atoms with Gasteiger partial charge < -0.3 is 65.7 Å². The maximum absolute atomic E-state index is 12.3. The van der Waals surface area contributed by atoms with E-state index < -0.39 is 20.0 Å². The number of ketones is 1. The molecule has 5 aliphatic rings. The summed E-state index contributed by atoms with van der Waals surface area (Å²) in [5.41, 5.74) is 4.29. The van der Waals surface area contributed by atoms with Gasteiger partial charge in [0.15, 0.2) is 0 Å². The maximum Gasteiger partial charge on any atom is 0.244 e. The minimum atomic E-state index is -3.55. The molecule has 7 heterocycles. The topological polar surface area (TPSA) is 266 Å². The van der Waals surface area contributed by atoms with E-state index in [4.69, 9.17) is 27.3 Å². The molecule has 0 radical (unpaired) electrons. The summed E-state index contributed by atoms with van der Waals surface area (Å²) in [4.78, 5) is 23.2. The van der Waals surface area contributed by atoms with Crippen LogP contribution in [0.3, 0.4) is 0 Å². The standard InChI is InChI=1S/C12H13N3O3S.C11H15N3O3S.C6H12N2O.C6H11NO.C5H10N2O.7C2H6.4CH3.4W/c1-2-10-3-4-12(9-13-10)19(17,18)15-7-5-11(14-16)6-8-15;1-9-2-3-11(8-12-9)18(16,17)14-6-4-10(13-15)5-7-14;1-8-4-2-6(7-9)3-5-8;1-7-4-2-6(8)3-5-7;8-7-5-1-3-6-4-2-5;7*1-2;;;;;;;;/h1,3-4,9,16H,5-8H2;2-3,8,15H,4-7H2,1H3;9H,2-5H2,1H3;2-5H2,1H3;6,8H,1-4H2;7*1-2H3;4*1H3;;;;/q;;;;;;;;;;;;4*-1;;;;. The van der Waals surface area contributed by atoms with Crippen LogP contribution in [0, 0.1) is 49.0 Å². The first-order chi connectivity index (χ1) is 36.7. The van der Waals surface area contributed by atoms with Gasteiger partial charge in [-0.15, -0.1) is 6.42 Å². The summed E-state index contributed by atoms with van der Waals surface area (Å²) in [5, 5.41) is 49.6. The molecule has 0 saturated carbocycles. The van der Waals surface area contributed by atoms with Crippen molar-refractivity contribution in [1.82, 2.24) is 33.7 Å². The summed E-state index contributed by atoms with van der Waals surface area (Å²) in [7, 11) is -2.90. The summed E-state index contributed by atoms with van der Waals surface area (Å²) in [6.07, 6.45) is 14.8. The van der Waals surface area contributed by atoms with Gasteiger partial charge in [0, 0.05) is 232 Å². The summed E-state index contributed by atoms with van der Waals surface area (Å²) >= 11 is 0. The molecule has 0 bridgehead atoms. The van der Waals surface area contributed by atoms with Crippen LogP contribution in [-0.2, 0) is 109 Å². The van der Waals surface area contributed by atoms with Crippen molar-refractivity contribution < 1.29 is 127 Å². The molecule has 2 aromatic rings. The van der Waals surface area contributed by atoms with Gasteiger partial charge >= 0.3 is 0 Å². The van der Waals surface area contributed by atoms with Crippen LogP contribution >= 0.6 is 0 Å². The zero-order chi connectivity index (χ0) is 59.5. The van der Waals surface area contributed by atoms with Crippen LogP contribution in [-0.4, -0.2) is 174 Å². The first-order valence-electron chi connectivity index (χ1n) is 27.4. The summed E-state index contributed by atoms with van der Waals surface area (Å²) < 4.78 is 51.9. The Hall–Kier alpha value is -2.14. The Morgan fingerprint density at radius 1 is 0.464 bits per heavy atom. The van der Waals surface area contributed by atoms with E-state index >= 15 is 0 Å². The van der Waals surface area contributed by atoms with E-state index in [1.807, 2.05) is 104 Å². The van der Waals surface area contributed by atoms with Crippen LogP contribution in [0.25, 0.3) is 0 Å². The number of carbonyl (C=O) groups is 1. The Labute approximate surface area is 572 Å². The Kier molecular flexibility index (Phi) is 101. The summed E-state index contributed by atoms with van der Waals surface area (Å²) in [6, 6.07) is 6.19. The molecule has 5 aliphatic heterocycles. The predicted octanol–water partition coefficient (Wildman–Crippen LogP) is 11.7. The second kappa shape index (κ2) is 75.1. The van der Waals surface area contributed by atoms with Gasteiger partial charge in [-0.3, -0.25) is 9.78 Å². The van der Waals surface area contributed by atoms with Gasteiger partial charge in [0.1, 0.15) is 21.3 Å². The second-order valence-corrected chi connectivity index (χ2v) is 18.9. The van der Waals surface area contributed by atoms with Gasteiger partial charge in [0.2, 0.25) is 20.0 Å². The van der Waals surface area contributed by atoms with Crippen molar-refractivity contribution in [2.75, 3.05) is 79.5 Å². The van der Waals surface area contributed by atoms with Gasteiger partial charge in [-0.05, 0) is 45.3 Å². The van der Waals surface area contributed by atoms with E-state index in [1.165, 1.54) is 33.1 Å². The number of oxime groups is 4. The molecule has 0 aromatic carbocycles. The number of nitrogens with one attached hydrogen (secondary N) is 1. The number of piperidine rings is 5. The van der Waals surface area contributed by atoms with Crippen LogP contribution in [0.15, 0.2) is 67.1 Å². The van der Waals surface area contributed by atoms with Crippen molar-refractivity contribution in [3.63, 3.8) is 0 Å². The maximum atomic E-state index is 12.3. The number of rotatable bonds is 4. The Morgan fingerprint density at radius 3 is 0.976 bits per heavy atom. The number of Topliss-reactive ketones (excluding diaryl/α,β-unsaturated/α-hetero) is 1. The molecular formula is C58H115N11O9S2W4-4. The smallest absolute Gasteiger partial charge is 0.244 e. The molecule has 5 N–H and O–H groups in total. The molecule has 26 heteroatoms. The van der Waals surface area contributed by atoms with E-state index in [1.54, 1.807) is 19.1 Å². The van der Waals surface area contributed by atoms with Gasteiger partial charge in [0.05, 0.1) is 22.8 Å². The fraction of sp³-hybridized carbons (Fsp3) is 0.638. The van der Waals surface area contributed by atoms with Gasteiger partial charge in [0.25, 0.3) is 0 Å². The average molecular weight is 1910 g/mol. The molecule has 20 nitrogen and oxygen atoms in total.